The Balaban J connectivity index is 1.81. The molecular weight excluding hydrogens is 411 g/mol. The number of likely N-dealkylation sites (N-methyl/N-ethyl adjacent to an activating group) is 1. The minimum Gasteiger partial charge on any atom is -0.465 e. The van der Waals surface area contributed by atoms with Gasteiger partial charge in [0.15, 0.2) is 0 Å². The number of ether oxygens (including phenoxy) is 1. The molecule has 2 heterocycles. The van der Waals surface area contributed by atoms with Gasteiger partial charge in [-0.15, -0.1) is 11.3 Å². The number of benzene rings is 1. The van der Waals surface area contributed by atoms with Crippen LogP contribution >= 0.6 is 11.3 Å². The highest BCUT2D eigenvalue weighted by molar-refractivity contribution is 7.17. The standard InChI is InChI=1S/C25H31FN2O2S/c1-15-4-6-16(7-5-15)20-14-28(2)11-10-18(20)19-13-23(31-24(19)25(29)30-3)17-8-9-22(27)21(26)12-17/h8-9,12-13,15-16H,4-7,10-11,14,27H2,1-3H3. The zero-order valence-corrected chi connectivity index (χ0v) is 19.4. The van der Waals surface area contributed by atoms with Gasteiger partial charge in [-0.05, 0) is 73.1 Å². The molecule has 4 rings (SSSR count). The number of rotatable bonds is 4. The topological polar surface area (TPSA) is 55.6 Å². The van der Waals surface area contributed by atoms with Crippen molar-refractivity contribution in [3.63, 3.8) is 0 Å². The first-order chi connectivity index (χ1) is 14.9. The number of nitrogen functional groups attached to an aromatic ring is 1. The van der Waals surface area contributed by atoms with E-state index in [9.17, 15) is 9.18 Å². The first-order valence-electron chi connectivity index (χ1n) is 11.1. The van der Waals surface area contributed by atoms with Gasteiger partial charge >= 0.3 is 5.97 Å². The summed E-state index contributed by atoms with van der Waals surface area (Å²) < 4.78 is 19.2. The van der Waals surface area contributed by atoms with Crippen LogP contribution in [0.1, 0.15) is 54.3 Å². The number of methoxy groups -OCH3 is 1. The fraction of sp³-hybridized carbons (Fsp3) is 0.480. The van der Waals surface area contributed by atoms with Gasteiger partial charge in [-0.2, -0.15) is 0 Å². The zero-order valence-electron chi connectivity index (χ0n) is 18.5. The van der Waals surface area contributed by atoms with E-state index in [4.69, 9.17) is 10.5 Å². The van der Waals surface area contributed by atoms with E-state index in [2.05, 4.69) is 18.9 Å². The van der Waals surface area contributed by atoms with Crippen molar-refractivity contribution in [3.05, 3.63) is 46.1 Å². The van der Waals surface area contributed by atoms with Crippen molar-refractivity contribution >= 4 is 28.6 Å². The molecule has 0 amide bonds. The van der Waals surface area contributed by atoms with Crippen LogP contribution in [0.15, 0.2) is 29.8 Å². The maximum atomic E-state index is 14.1. The van der Waals surface area contributed by atoms with Gasteiger partial charge in [-0.1, -0.05) is 25.8 Å². The number of nitrogens with zero attached hydrogens (tertiary/aromatic N) is 1. The minimum absolute atomic E-state index is 0.126. The molecule has 2 aliphatic rings. The third-order valence-electron chi connectivity index (χ3n) is 6.79. The molecular formula is C25H31FN2O2S. The number of esters is 1. The summed E-state index contributed by atoms with van der Waals surface area (Å²) in [7, 11) is 3.58. The maximum Gasteiger partial charge on any atom is 0.348 e. The minimum atomic E-state index is -0.442. The van der Waals surface area contributed by atoms with Crippen LogP contribution in [0.25, 0.3) is 16.0 Å². The lowest BCUT2D eigenvalue weighted by Crippen LogP contribution is -2.31. The Morgan fingerprint density at radius 2 is 1.97 bits per heavy atom. The van der Waals surface area contributed by atoms with Gasteiger partial charge in [0, 0.05) is 23.5 Å². The molecule has 0 atom stereocenters. The molecule has 0 unspecified atom stereocenters. The van der Waals surface area contributed by atoms with E-state index in [0.29, 0.717) is 10.8 Å². The van der Waals surface area contributed by atoms with Crippen LogP contribution in [0, 0.1) is 17.7 Å². The fourth-order valence-electron chi connectivity index (χ4n) is 4.90. The van der Waals surface area contributed by atoms with Crippen LogP contribution in [0.2, 0.25) is 0 Å². The number of halogens is 1. The van der Waals surface area contributed by atoms with Crippen molar-refractivity contribution in [2.75, 3.05) is 33.0 Å². The first kappa shape index (κ1) is 22.0. The second-order valence-corrected chi connectivity index (χ2v) is 10.1. The van der Waals surface area contributed by atoms with E-state index < -0.39 is 5.82 Å². The molecule has 1 aromatic carbocycles. The highest BCUT2D eigenvalue weighted by Gasteiger charge is 2.30. The van der Waals surface area contributed by atoms with Gasteiger partial charge in [-0.3, -0.25) is 0 Å². The molecule has 1 aromatic heterocycles. The average Bonchev–Trinajstić information content (AvgIpc) is 3.21. The molecule has 1 aliphatic heterocycles. The van der Waals surface area contributed by atoms with Crippen LogP contribution in [0.5, 0.6) is 0 Å². The Morgan fingerprint density at radius 1 is 1.23 bits per heavy atom. The number of hydrogen-bond donors (Lipinski definition) is 1. The molecule has 0 radical (unpaired) electrons. The monoisotopic (exact) mass is 442 g/mol. The lowest BCUT2D eigenvalue weighted by atomic mass is 9.75. The molecule has 2 aromatic rings. The third-order valence-corrected chi connectivity index (χ3v) is 7.96. The summed E-state index contributed by atoms with van der Waals surface area (Å²) in [6, 6.07) is 6.87. The van der Waals surface area contributed by atoms with Crippen molar-refractivity contribution < 1.29 is 13.9 Å². The van der Waals surface area contributed by atoms with Gasteiger partial charge in [0.05, 0.1) is 12.8 Å². The smallest absolute Gasteiger partial charge is 0.348 e. The summed E-state index contributed by atoms with van der Waals surface area (Å²) in [6.07, 6.45) is 5.85. The quantitative estimate of drug-likeness (QED) is 0.477. The Morgan fingerprint density at radius 3 is 2.65 bits per heavy atom. The summed E-state index contributed by atoms with van der Waals surface area (Å²) in [6.45, 7) is 4.24. The van der Waals surface area contributed by atoms with E-state index in [0.717, 1.165) is 41.4 Å². The molecule has 2 N–H and O–H groups in total. The summed E-state index contributed by atoms with van der Waals surface area (Å²) >= 11 is 1.37. The molecule has 1 saturated carbocycles. The molecule has 31 heavy (non-hydrogen) atoms. The lowest BCUT2D eigenvalue weighted by molar-refractivity contribution is 0.0606. The number of carbonyl (C=O) groups is 1. The molecule has 1 aliphatic carbocycles. The maximum absolute atomic E-state index is 14.1. The summed E-state index contributed by atoms with van der Waals surface area (Å²) in [5.41, 5.74) is 10.2. The van der Waals surface area contributed by atoms with Gasteiger partial charge in [0.1, 0.15) is 10.7 Å². The second-order valence-electron chi connectivity index (χ2n) is 9.03. The number of nitrogens with two attached hydrogens (primary N) is 1. The molecule has 0 bridgehead atoms. The largest absolute Gasteiger partial charge is 0.465 e. The molecule has 0 spiro atoms. The van der Waals surface area contributed by atoms with Crippen molar-refractivity contribution in [1.29, 1.82) is 0 Å². The Bertz CT molecular complexity index is 1000. The summed E-state index contributed by atoms with van der Waals surface area (Å²) in [4.78, 5) is 16.5. The fourth-order valence-corrected chi connectivity index (χ4v) is 6.00. The van der Waals surface area contributed by atoms with Crippen molar-refractivity contribution in [2.45, 2.75) is 39.0 Å². The van der Waals surface area contributed by atoms with E-state index in [1.165, 1.54) is 61.3 Å². The van der Waals surface area contributed by atoms with E-state index >= 15 is 0 Å². The van der Waals surface area contributed by atoms with Gasteiger partial charge in [0.2, 0.25) is 0 Å². The number of carbonyl (C=O) groups excluding carboxylic acids is 1. The molecule has 4 nitrogen and oxygen atoms in total. The van der Waals surface area contributed by atoms with Crippen molar-refractivity contribution in [2.24, 2.45) is 11.8 Å². The lowest BCUT2D eigenvalue weighted by Gasteiger charge is -2.35. The van der Waals surface area contributed by atoms with E-state index in [1.54, 1.807) is 6.07 Å². The average molecular weight is 443 g/mol. The Labute approximate surface area is 187 Å². The van der Waals surface area contributed by atoms with Crippen LogP contribution in [0.3, 0.4) is 0 Å². The molecule has 0 saturated heterocycles. The van der Waals surface area contributed by atoms with E-state index in [1.807, 2.05) is 12.1 Å². The van der Waals surface area contributed by atoms with Gasteiger partial charge < -0.3 is 15.4 Å². The first-order valence-corrected chi connectivity index (χ1v) is 11.9. The zero-order chi connectivity index (χ0) is 22.1. The predicted octanol–water partition coefficient (Wildman–Crippen LogP) is 5.84. The second kappa shape index (κ2) is 9.13. The van der Waals surface area contributed by atoms with Crippen LogP contribution < -0.4 is 5.73 Å². The Hall–Kier alpha value is -2.18. The van der Waals surface area contributed by atoms with Gasteiger partial charge in [-0.25, -0.2) is 9.18 Å². The Kier molecular flexibility index (Phi) is 6.49. The van der Waals surface area contributed by atoms with Gasteiger partial charge in [0.25, 0.3) is 0 Å². The van der Waals surface area contributed by atoms with Crippen LogP contribution in [0.4, 0.5) is 10.1 Å². The predicted molar refractivity (Wildman–Crippen MR) is 126 cm³/mol. The van der Waals surface area contributed by atoms with Crippen LogP contribution in [-0.2, 0) is 4.74 Å². The SMILES string of the molecule is COC(=O)c1sc(-c2ccc(N)c(F)c2)cc1C1=C(C2CCC(C)CC2)CN(C)CC1. The highest BCUT2D eigenvalue weighted by atomic mass is 32.1. The molecule has 1 fully saturated rings. The van der Waals surface area contributed by atoms with Crippen LogP contribution in [-0.4, -0.2) is 38.1 Å². The van der Waals surface area contributed by atoms with Crippen molar-refractivity contribution in [3.8, 4) is 10.4 Å². The summed E-state index contributed by atoms with van der Waals surface area (Å²) in [5, 5.41) is 0. The number of anilines is 1. The number of hydrogen-bond acceptors (Lipinski definition) is 5. The molecule has 166 valence electrons. The highest BCUT2D eigenvalue weighted by Crippen LogP contribution is 2.43. The normalized spacial score (nSPS) is 22.6. The molecule has 6 heteroatoms. The summed E-state index contributed by atoms with van der Waals surface area (Å²) in [5.74, 6) is 0.588. The van der Waals surface area contributed by atoms with Crippen molar-refractivity contribution in [1.82, 2.24) is 4.90 Å². The number of thiophene rings is 1. The van der Waals surface area contributed by atoms with E-state index in [-0.39, 0.29) is 11.7 Å². The third kappa shape index (κ3) is 4.55.